The highest BCUT2D eigenvalue weighted by Gasteiger charge is 2.17. The quantitative estimate of drug-likeness (QED) is 0.371. The van der Waals surface area contributed by atoms with E-state index >= 15 is 0 Å². The van der Waals surface area contributed by atoms with Crippen LogP contribution >= 0.6 is 11.3 Å². The molecule has 0 unspecified atom stereocenters. The highest BCUT2D eigenvalue weighted by Crippen LogP contribution is 2.38. The Morgan fingerprint density at radius 1 is 0.967 bits per heavy atom. The Labute approximate surface area is 184 Å². The van der Waals surface area contributed by atoms with E-state index in [-0.39, 0.29) is 0 Å². The van der Waals surface area contributed by atoms with E-state index < -0.39 is 0 Å². The van der Waals surface area contributed by atoms with Crippen molar-refractivity contribution in [1.29, 1.82) is 0 Å². The lowest BCUT2D eigenvalue weighted by Gasteiger charge is -2.23. The summed E-state index contributed by atoms with van der Waals surface area (Å²) in [5, 5.41) is 4.51. The molecular weight excluding hydrogens is 394 g/mol. The topological polar surface area (TPSA) is 46.6 Å². The fraction of sp³-hybridized carbons (Fsp3) is 0.458. The van der Waals surface area contributed by atoms with Gasteiger partial charge in [0.15, 0.2) is 16.6 Å². The third kappa shape index (κ3) is 5.43. The number of thiazole rings is 1. The van der Waals surface area contributed by atoms with Gasteiger partial charge >= 0.3 is 0 Å². The van der Waals surface area contributed by atoms with Crippen LogP contribution in [0.15, 0.2) is 36.4 Å². The second-order valence-electron chi connectivity index (χ2n) is 7.30. The zero-order valence-corrected chi connectivity index (χ0v) is 19.3. The van der Waals surface area contributed by atoms with Gasteiger partial charge in [0.25, 0.3) is 0 Å². The molecule has 6 heteroatoms. The number of hydrogen-bond donors (Lipinski definition) is 1. The molecule has 30 heavy (non-hydrogen) atoms. The summed E-state index contributed by atoms with van der Waals surface area (Å²) in [5.41, 5.74) is 3.48. The number of aromatic nitrogens is 1. The molecule has 5 nitrogen and oxygen atoms in total. The van der Waals surface area contributed by atoms with E-state index in [1.165, 1.54) is 16.7 Å². The molecule has 0 aliphatic rings. The minimum Gasteiger partial charge on any atom is -0.493 e. The van der Waals surface area contributed by atoms with Crippen molar-refractivity contribution in [3.63, 3.8) is 0 Å². The van der Waals surface area contributed by atoms with Gasteiger partial charge in [-0.1, -0.05) is 31.3 Å². The first-order chi connectivity index (χ1) is 14.7. The number of ether oxygens (including phenoxy) is 2. The first-order valence-corrected chi connectivity index (χ1v) is 11.6. The van der Waals surface area contributed by atoms with Gasteiger partial charge in [-0.2, -0.15) is 0 Å². The number of nitrogens with one attached hydrogen (secondary N) is 1. The predicted octanol–water partition coefficient (Wildman–Crippen LogP) is 5.79. The van der Waals surface area contributed by atoms with Crippen LogP contribution in [0.4, 0.5) is 10.8 Å². The second-order valence-corrected chi connectivity index (χ2v) is 8.31. The van der Waals surface area contributed by atoms with Crippen LogP contribution in [-0.2, 0) is 6.42 Å². The van der Waals surface area contributed by atoms with Gasteiger partial charge in [-0.3, -0.25) is 0 Å². The molecule has 0 radical (unpaired) electrons. The number of methoxy groups -OCH3 is 2. The lowest BCUT2D eigenvalue weighted by atomic mass is 10.2. The van der Waals surface area contributed by atoms with E-state index in [2.05, 4.69) is 48.3 Å². The summed E-state index contributed by atoms with van der Waals surface area (Å²) in [5.74, 6) is 1.47. The van der Waals surface area contributed by atoms with Gasteiger partial charge in [-0.15, -0.1) is 0 Å². The van der Waals surface area contributed by atoms with Gasteiger partial charge in [0.1, 0.15) is 0 Å². The summed E-state index contributed by atoms with van der Waals surface area (Å²) in [6.45, 7) is 7.42. The summed E-state index contributed by atoms with van der Waals surface area (Å²) in [4.78, 5) is 7.25. The number of aryl methyl sites for hydroxylation is 1. The van der Waals surface area contributed by atoms with Crippen molar-refractivity contribution in [1.82, 2.24) is 10.3 Å². The molecule has 0 aliphatic heterocycles. The SMILES string of the molecule is CCCNCCCCN(c1ccc(OC)c(OC)c1)c1nc2ccc(CC)cc2s1. The summed E-state index contributed by atoms with van der Waals surface area (Å²) in [7, 11) is 3.34. The normalized spacial score (nSPS) is 11.1. The Kier molecular flexibility index (Phi) is 8.34. The molecular formula is C24H33N3O2S. The minimum atomic E-state index is 0.735. The Balaban J connectivity index is 1.87. The summed E-state index contributed by atoms with van der Waals surface area (Å²) >= 11 is 1.75. The van der Waals surface area contributed by atoms with E-state index in [0.29, 0.717) is 0 Å². The highest BCUT2D eigenvalue weighted by molar-refractivity contribution is 7.22. The van der Waals surface area contributed by atoms with Crippen LogP contribution in [0.2, 0.25) is 0 Å². The van der Waals surface area contributed by atoms with Crippen LogP contribution in [-0.4, -0.2) is 38.8 Å². The number of benzene rings is 2. The van der Waals surface area contributed by atoms with Crippen molar-refractivity contribution in [2.24, 2.45) is 0 Å². The van der Waals surface area contributed by atoms with Gasteiger partial charge in [-0.25, -0.2) is 4.98 Å². The van der Waals surface area contributed by atoms with Crippen LogP contribution in [0.3, 0.4) is 0 Å². The van der Waals surface area contributed by atoms with Crippen LogP contribution in [0, 0.1) is 0 Å². The number of unbranched alkanes of at least 4 members (excludes halogenated alkanes) is 1. The average Bonchev–Trinajstić information content (AvgIpc) is 3.20. The summed E-state index contributed by atoms with van der Waals surface area (Å²) < 4.78 is 12.2. The fourth-order valence-corrected chi connectivity index (χ4v) is 4.52. The van der Waals surface area contributed by atoms with E-state index in [9.17, 15) is 0 Å². The number of rotatable bonds is 12. The van der Waals surface area contributed by atoms with Crippen LogP contribution in [0.5, 0.6) is 11.5 Å². The summed E-state index contributed by atoms with van der Waals surface area (Å²) in [6.07, 6.45) is 4.42. The van der Waals surface area contributed by atoms with Gasteiger partial charge in [-0.05, 0) is 68.6 Å². The molecule has 0 aliphatic carbocycles. The molecule has 0 fully saturated rings. The Morgan fingerprint density at radius 3 is 2.53 bits per heavy atom. The van der Waals surface area contributed by atoms with E-state index in [0.717, 1.165) is 66.7 Å². The third-order valence-corrected chi connectivity index (χ3v) is 6.21. The fourth-order valence-electron chi connectivity index (χ4n) is 3.44. The maximum Gasteiger partial charge on any atom is 0.190 e. The minimum absolute atomic E-state index is 0.735. The lowest BCUT2D eigenvalue weighted by Crippen LogP contribution is -2.21. The highest BCUT2D eigenvalue weighted by atomic mass is 32.1. The second kappa shape index (κ2) is 11.2. The van der Waals surface area contributed by atoms with E-state index in [1.807, 2.05) is 12.1 Å². The molecule has 2 aromatic carbocycles. The van der Waals surface area contributed by atoms with Crippen molar-refractivity contribution in [3.8, 4) is 11.5 Å². The standard InChI is InChI=1S/C24H33N3O2S/c1-5-13-25-14-7-8-15-27(19-10-12-21(28-3)22(17-19)29-4)24-26-20-11-9-18(6-2)16-23(20)30-24/h9-12,16-17,25H,5-8,13-15H2,1-4H3. The predicted molar refractivity (Wildman–Crippen MR) is 128 cm³/mol. The average molecular weight is 428 g/mol. The molecule has 3 rings (SSSR count). The number of anilines is 2. The van der Waals surface area contributed by atoms with Crippen LogP contribution in [0.1, 0.15) is 38.7 Å². The lowest BCUT2D eigenvalue weighted by molar-refractivity contribution is 0.355. The Hall–Kier alpha value is -2.31. The molecule has 0 bridgehead atoms. The van der Waals surface area contributed by atoms with E-state index in [4.69, 9.17) is 14.5 Å². The Bertz CT molecular complexity index is 941. The molecule has 0 saturated heterocycles. The van der Waals surface area contributed by atoms with Crippen molar-refractivity contribution < 1.29 is 9.47 Å². The van der Waals surface area contributed by atoms with E-state index in [1.54, 1.807) is 25.6 Å². The first kappa shape index (κ1) is 22.4. The maximum absolute atomic E-state index is 5.54. The molecule has 0 saturated carbocycles. The van der Waals surface area contributed by atoms with Crippen molar-refractivity contribution in [2.75, 3.05) is 38.8 Å². The molecule has 0 spiro atoms. The third-order valence-electron chi connectivity index (χ3n) is 5.17. The Morgan fingerprint density at radius 2 is 1.80 bits per heavy atom. The summed E-state index contributed by atoms with van der Waals surface area (Å²) in [6, 6.07) is 12.7. The first-order valence-electron chi connectivity index (χ1n) is 10.8. The molecule has 0 atom stereocenters. The molecule has 0 amide bonds. The van der Waals surface area contributed by atoms with Gasteiger partial charge in [0.2, 0.25) is 0 Å². The molecule has 1 aromatic heterocycles. The molecule has 1 N–H and O–H groups in total. The van der Waals surface area contributed by atoms with Gasteiger partial charge in [0, 0.05) is 18.3 Å². The van der Waals surface area contributed by atoms with Crippen molar-refractivity contribution in [3.05, 3.63) is 42.0 Å². The van der Waals surface area contributed by atoms with Gasteiger partial charge < -0.3 is 19.7 Å². The number of hydrogen-bond acceptors (Lipinski definition) is 6. The van der Waals surface area contributed by atoms with Crippen LogP contribution in [0.25, 0.3) is 10.2 Å². The maximum atomic E-state index is 5.54. The monoisotopic (exact) mass is 427 g/mol. The zero-order valence-electron chi connectivity index (χ0n) is 18.5. The number of fused-ring (bicyclic) bond motifs is 1. The van der Waals surface area contributed by atoms with Crippen LogP contribution < -0.4 is 19.7 Å². The van der Waals surface area contributed by atoms with Crippen molar-refractivity contribution >= 4 is 32.4 Å². The number of nitrogens with zero attached hydrogens (tertiary/aromatic N) is 2. The largest absolute Gasteiger partial charge is 0.493 e. The molecule has 3 aromatic rings. The smallest absolute Gasteiger partial charge is 0.190 e. The van der Waals surface area contributed by atoms with Crippen molar-refractivity contribution in [2.45, 2.75) is 39.5 Å². The molecule has 1 heterocycles. The molecule has 162 valence electrons. The zero-order chi connectivity index (χ0) is 21.3. The van der Waals surface area contributed by atoms with Gasteiger partial charge in [0.05, 0.1) is 24.4 Å².